The van der Waals surface area contributed by atoms with Gasteiger partial charge in [-0.1, -0.05) is 61.5 Å². The largest absolute Gasteiger partial charge is 0.492 e. The van der Waals surface area contributed by atoms with E-state index in [-0.39, 0.29) is 5.78 Å². The number of para-hydroxylation sites is 1. The molecule has 0 spiro atoms. The van der Waals surface area contributed by atoms with Gasteiger partial charge in [-0.15, -0.1) is 0 Å². The summed E-state index contributed by atoms with van der Waals surface area (Å²) in [4.78, 5) is 25.6. The summed E-state index contributed by atoms with van der Waals surface area (Å²) in [5.74, 6) is 0.266. The van der Waals surface area contributed by atoms with Crippen molar-refractivity contribution in [3.05, 3.63) is 95.6 Å². The average molecular weight is 447 g/mol. The third-order valence-corrected chi connectivity index (χ3v) is 5.18. The van der Waals surface area contributed by atoms with Crippen molar-refractivity contribution in [3.63, 3.8) is 0 Å². The molecule has 33 heavy (non-hydrogen) atoms. The van der Waals surface area contributed by atoms with Crippen LogP contribution in [0.15, 0.2) is 78.9 Å². The number of carbonyl (C=O) groups is 2. The summed E-state index contributed by atoms with van der Waals surface area (Å²) < 4.78 is 10.7. The van der Waals surface area contributed by atoms with Gasteiger partial charge >= 0.3 is 5.97 Å². The van der Waals surface area contributed by atoms with E-state index in [4.69, 9.17) is 9.47 Å². The maximum absolute atomic E-state index is 13.0. The monoisotopic (exact) mass is 446 g/mol. The number of ketones is 1. The Labute approximate surface area is 194 Å². The highest BCUT2D eigenvalue weighted by Crippen LogP contribution is 2.22. The van der Waals surface area contributed by atoms with Gasteiger partial charge in [0, 0.05) is 29.8 Å². The molecule has 0 bridgehead atoms. The number of likely N-dealkylation sites (N-methyl/N-ethyl adjacent to an activating group) is 1. The first-order chi connectivity index (χ1) is 16.1. The average Bonchev–Trinajstić information content (AvgIpc) is 2.87. The first kappa shape index (κ1) is 24.0. The molecule has 0 aliphatic rings. The van der Waals surface area contributed by atoms with Gasteiger partial charge in [-0.2, -0.15) is 0 Å². The van der Waals surface area contributed by atoms with Gasteiger partial charge in [0.1, 0.15) is 18.4 Å². The molecule has 0 saturated carbocycles. The Balaban J connectivity index is 1.73. The number of benzene rings is 3. The van der Waals surface area contributed by atoms with Gasteiger partial charge < -0.3 is 20.1 Å². The highest BCUT2D eigenvalue weighted by Gasteiger charge is 2.22. The summed E-state index contributed by atoms with van der Waals surface area (Å²) >= 11 is 0. The molecule has 172 valence electrons. The van der Waals surface area contributed by atoms with Gasteiger partial charge in [-0.05, 0) is 36.4 Å². The van der Waals surface area contributed by atoms with Crippen LogP contribution in [0.4, 0.5) is 5.69 Å². The summed E-state index contributed by atoms with van der Waals surface area (Å²) in [5.41, 5.74) is 2.63. The van der Waals surface area contributed by atoms with Crippen molar-refractivity contribution >= 4 is 17.4 Å². The Bertz CT molecular complexity index is 1040. The van der Waals surface area contributed by atoms with Crippen LogP contribution in [0.1, 0.15) is 28.4 Å². The van der Waals surface area contributed by atoms with E-state index in [9.17, 15) is 9.59 Å². The molecule has 1 unspecified atom stereocenters. The fraction of sp³-hybridized carbons (Fsp3) is 0.259. The molecule has 0 amide bonds. The Morgan fingerprint density at radius 2 is 1.61 bits per heavy atom. The minimum absolute atomic E-state index is 0.110. The molecule has 0 aromatic heterocycles. The smallest absolute Gasteiger partial charge is 0.328 e. The van der Waals surface area contributed by atoms with Crippen molar-refractivity contribution in [2.24, 2.45) is 0 Å². The molecule has 0 radical (unpaired) electrons. The molecule has 6 nitrogen and oxygen atoms in total. The molecule has 3 aromatic rings. The minimum Gasteiger partial charge on any atom is -0.492 e. The highest BCUT2D eigenvalue weighted by molar-refractivity contribution is 6.12. The molecule has 3 aromatic carbocycles. The second kappa shape index (κ2) is 12.4. The predicted molar refractivity (Wildman–Crippen MR) is 130 cm³/mol. The summed E-state index contributed by atoms with van der Waals surface area (Å²) in [6.45, 7) is 4.33. The van der Waals surface area contributed by atoms with Crippen molar-refractivity contribution in [1.29, 1.82) is 0 Å². The number of carbonyl (C=O) groups excluding carboxylic acids is 2. The second-order valence-electron chi connectivity index (χ2n) is 7.51. The number of methoxy groups -OCH3 is 1. The van der Waals surface area contributed by atoms with E-state index < -0.39 is 12.0 Å². The number of anilines is 1. The summed E-state index contributed by atoms with van der Waals surface area (Å²) in [5, 5.41) is 6.44. The zero-order chi connectivity index (χ0) is 23.5. The molecule has 0 saturated heterocycles. The van der Waals surface area contributed by atoms with Crippen molar-refractivity contribution in [2.45, 2.75) is 19.4 Å². The van der Waals surface area contributed by atoms with Gasteiger partial charge in [-0.3, -0.25) is 4.79 Å². The van der Waals surface area contributed by atoms with Gasteiger partial charge in [-0.25, -0.2) is 4.79 Å². The predicted octanol–water partition coefficient (Wildman–Crippen LogP) is 4.10. The lowest BCUT2D eigenvalue weighted by Crippen LogP contribution is -2.33. The molecule has 0 aliphatic heterocycles. The van der Waals surface area contributed by atoms with Gasteiger partial charge in [0.2, 0.25) is 0 Å². The molecule has 0 aliphatic carbocycles. The van der Waals surface area contributed by atoms with Gasteiger partial charge in [0.25, 0.3) is 0 Å². The van der Waals surface area contributed by atoms with E-state index in [2.05, 4.69) is 17.6 Å². The molecule has 1 atom stereocenters. The number of hydrogen-bond donors (Lipinski definition) is 2. The van der Waals surface area contributed by atoms with Crippen LogP contribution in [0.2, 0.25) is 0 Å². The SMILES string of the molecule is CCNCCOc1ccc(CC(Nc2ccccc2C(=O)c2ccccc2)C(=O)OC)cc1. The van der Waals surface area contributed by atoms with E-state index >= 15 is 0 Å². The van der Waals surface area contributed by atoms with Crippen LogP contribution in [-0.4, -0.2) is 44.6 Å². The molecule has 3 rings (SSSR count). The van der Waals surface area contributed by atoms with Crippen molar-refractivity contribution in [2.75, 3.05) is 32.1 Å². The zero-order valence-corrected chi connectivity index (χ0v) is 19.0. The standard InChI is InChI=1S/C27H30N2O4/c1-3-28-17-18-33-22-15-13-20(14-16-22)19-25(27(31)32-2)29-24-12-8-7-11-23(24)26(30)21-9-5-4-6-10-21/h4-16,25,28-29H,3,17-19H2,1-2H3. The third-order valence-electron chi connectivity index (χ3n) is 5.18. The summed E-state index contributed by atoms with van der Waals surface area (Å²) in [6.07, 6.45) is 0.401. The topological polar surface area (TPSA) is 76.7 Å². The van der Waals surface area contributed by atoms with E-state index in [0.717, 1.165) is 24.4 Å². The molecular formula is C27H30N2O4. The molecule has 2 N–H and O–H groups in total. The Morgan fingerprint density at radius 1 is 0.909 bits per heavy atom. The number of nitrogens with one attached hydrogen (secondary N) is 2. The lowest BCUT2D eigenvalue weighted by Gasteiger charge is -2.20. The quantitative estimate of drug-likeness (QED) is 0.248. The Hall–Kier alpha value is -3.64. The lowest BCUT2D eigenvalue weighted by atomic mass is 10.00. The molecular weight excluding hydrogens is 416 g/mol. The van der Waals surface area contributed by atoms with Crippen LogP contribution in [0.25, 0.3) is 0 Å². The van der Waals surface area contributed by atoms with Gasteiger partial charge in [0.15, 0.2) is 5.78 Å². The number of ether oxygens (including phenoxy) is 2. The maximum Gasteiger partial charge on any atom is 0.328 e. The molecule has 0 fully saturated rings. The first-order valence-electron chi connectivity index (χ1n) is 11.1. The lowest BCUT2D eigenvalue weighted by molar-refractivity contribution is -0.141. The van der Waals surface area contributed by atoms with E-state index in [1.54, 1.807) is 24.3 Å². The third kappa shape index (κ3) is 6.92. The summed E-state index contributed by atoms with van der Waals surface area (Å²) in [6, 6.07) is 23.3. The van der Waals surface area contributed by atoms with Crippen LogP contribution >= 0.6 is 0 Å². The zero-order valence-electron chi connectivity index (χ0n) is 19.0. The summed E-state index contributed by atoms with van der Waals surface area (Å²) in [7, 11) is 1.36. The first-order valence-corrected chi connectivity index (χ1v) is 11.1. The fourth-order valence-corrected chi connectivity index (χ4v) is 3.45. The number of esters is 1. The molecule has 0 heterocycles. The van der Waals surface area contributed by atoms with Gasteiger partial charge in [0.05, 0.1) is 7.11 Å². The maximum atomic E-state index is 13.0. The van der Waals surface area contributed by atoms with E-state index in [1.807, 2.05) is 54.6 Å². The number of hydrogen-bond acceptors (Lipinski definition) is 6. The van der Waals surface area contributed by atoms with Crippen molar-refractivity contribution < 1.29 is 19.1 Å². The van der Waals surface area contributed by atoms with Crippen LogP contribution in [0.3, 0.4) is 0 Å². The van der Waals surface area contributed by atoms with Crippen LogP contribution in [-0.2, 0) is 16.0 Å². The number of rotatable bonds is 12. The fourth-order valence-electron chi connectivity index (χ4n) is 3.45. The van der Waals surface area contributed by atoms with E-state index in [0.29, 0.717) is 29.8 Å². The van der Waals surface area contributed by atoms with Crippen LogP contribution in [0.5, 0.6) is 5.75 Å². The second-order valence-corrected chi connectivity index (χ2v) is 7.51. The minimum atomic E-state index is -0.653. The normalized spacial score (nSPS) is 11.5. The Morgan fingerprint density at radius 3 is 2.30 bits per heavy atom. The van der Waals surface area contributed by atoms with Crippen molar-refractivity contribution in [3.8, 4) is 5.75 Å². The van der Waals surface area contributed by atoms with E-state index in [1.165, 1.54) is 7.11 Å². The van der Waals surface area contributed by atoms with Crippen LogP contribution < -0.4 is 15.4 Å². The highest BCUT2D eigenvalue weighted by atomic mass is 16.5. The Kier molecular flexibility index (Phi) is 9.03. The molecule has 6 heteroatoms. The van der Waals surface area contributed by atoms with Crippen molar-refractivity contribution in [1.82, 2.24) is 5.32 Å². The van der Waals surface area contributed by atoms with Crippen LogP contribution in [0, 0.1) is 0 Å².